The van der Waals surface area contributed by atoms with E-state index in [0.29, 0.717) is 5.25 Å². The molecule has 0 amide bonds. The van der Waals surface area contributed by atoms with Gasteiger partial charge >= 0.3 is 0 Å². The summed E-state index contributed by atoms with van der Waals surface area (Å²) in [5.41, 5.74) is 2.51. The summed E-state index contributed by atoms with van der Waals surface area (Å²) in [6.45, 7) is 0. The van der Waals surface area contributed by atoms with Crippen LogP contribution in [0.25, 0.3) is 16.3 Å². The first-order valence-corrected chi connectivity index (χ1v) is 8.71. The monoisotopic (exact) mass is 298 g/mol. The second-order valence-electron chi connectivity index (χ2n) is 5.83. The number of hydrogen-bond acceptors (Lipinski definition) is 2. The van der Waals surface area contributed by atoms with Gasteiger partial charge in [0.25, 0.3) is 0 Å². The van der Waals surface area contributed by atoms with Gasteiger partial charge in [-0.2, -0.15) is 0 Å². The zero-order chi connectivity index (χ0) is 14.4. The van der Waals surface area contributed by atoms with Gasteiger partial charge in [0.1, 0.15) is 5.75 Å². The number of ether oxygens (including phenoxy) is 1. The quantitative estimate of drug-likeness (QED) is 0.840. The van der Waals surface area contributed by atoms with Crippen LogP contribution in [0.5, 0.6) is 5.75 Å². The Morgan fingerprint density at radius 1 is 1.14 bits per heavy atom. The van der Waals surface area contributed by atoms with E-state index in [4.69, 9.17) is 4.74 Å². The minimum atomic E-state index is -0.673. The van der Waals surface area contributed by atoms with Gasteiger partial charge in [-0.3, -0.25) is 4.21 Å². The van der Waals surface area contributed by atoms with Crippen LogP contribution >= 0.6 is 0 Å². The fourth-order valence-corrected chi connectivity index (χ4v) is 5.51. The molecular formula is C18H18O2S. The van der Waals surface area contributed by atoms with Gasteiger partial charge in [-0.05, 0) is 41.7 Å². The highest BCUT2D eigenvalue weighted by Crippen LogP contribution is 2.43. The van der Waals surface area contributed by atoms with Crippen LogP contribution in [0.15, 0.2) is 42.5 Å². The van der Waals surface area contributed by atoms with Gasteiger partial charge in [0.2, 0.25) is 0 Å². The molecule has 2 aliphatic rings. The molecule has 2 nitrogen and oxygen atoms in total. The average Bonchev–Trinajstić information content (AvgIpc) is 2.75. The standard InChI is InChI=1S/C18H18O2S/c1-20-17-9-6-12-4-2-3-5-16(12)18(17)13-10-14-7-8-15(11-13)21(14)19/h2-6,9-10,14-15H,7-8,11H2,1H3. The van der Waals surface area contributed by atoms with E-state index >= 15 is 0 Å². The van der Waals surface area contributed by atoms with Crippen LogP contribution in [0.1, 0.15) is 24.8 Å². The van der Waals surface area contributed by atoms with Crippen LogP contribution in [-0.2, 0) is 10.8 Å². The lowest BCUT2D eigenvalue weighted by Gasteiger charge is -2.22. The Morgan fingerprint density at radius 2 is 2.00 bits per heavy atom. The molecule has 2 heterocycles. The number of methoxy groups -OCH3 is 1. The Labute approximate surface area is 127 Å². The minimum Gasteiger partial charge on any atom is -0.496 e. The van der Waals surface area contributed by atoms with Crippen LogP contribution < -0.4 is 4.74 Å². The molecule has 3 atom stereocenters. The van der Waals surface area contributed by atoms with Gasteiger partial charge in [0.15, 0.2) is 0 Å². The van der Waals surface area contributed by atoms with Gasteiger partial charge < -0.3 is 4.74 Å². The van der Waals surface area contributed by atoms with E-state index in [9.17, 15) is 4.21 Å². The van der Waals surface area contributed by atoms with E-state index in [-0.39, 0.29) is 5.25 Å². The second-order valence-corrected chi connectivity index (χ2v) is 7.76. The number of hydrogen-bond donors (Lipinski definition) is 0. The highest BCUT2D eigenvalue weighted by molar-refractivity contribution is 7.86. The molecule has 0 spiro atoms. The first-order valence-electron chi connectivity index (χ1n) is 7.44. The number of benzene rings is 2. The summed E-state index contributed by atoms with van der Waals surface area (Å²) in [4.78, 5) is 0. The molecule has 0 aliphatic carbocycles. The summed E-state index contributed by atoms with van der Waals surface area (Å²) >= 11 is 0. The lowest BCUT2D eigenvalue weighted by atomic mass is 9.94. The van der Waals surface area contributed by atoms with E-state index in [1.54, 1.807) is 7.11 Å². The first kappa shape index (κ1) is 13.1. The van der Waals surface area contributed by atoms with E-state index in [1.807, 2.05) is 6.07 Å². The van der Waals surface area contributed by atoms with Crippen molar-refractivity contribution in [3.63, 3.8) is 0 Å². The molecule has 108 valence electrons. The Kier molecular flexibility index (Phi) is 3.11. The molecule has 0 radical (unpaired) electrons. The van der Waals surface area contributed by atoms with Gasteiger partial charge in [0, 0.05) is 21.6 Å². The summed E-state index contributed by atoms with van der Waals surface area (Å²) in [6, 6.07) is 12.6. The highest BCUT2D eigenvalue weighted by atomic mass is 32.2. The smallest absolute Gasteiger partial charge is 0.126 e. The molecule has 2 aromatic carbocycles. The van der Waals surface area contributed by atoms with Crippen molar-refractivity contribution in [2.45, 2.75) is 29.8 Å². The van der Waals surface area contributed by atoms with Crippen molar-refractivity contribution in [3.05, 3.63) is 48.0 Å². The molecule has 1 saturated heterocycles. The molecule has 2 bridgehead atoms. The molecule has 0 saturated carbocycles. The lowest BCUT2D eigenvalue weighted by Crippen LogP contribution is -2.20. The largest absolute Gasteiger partial charge is 0.496 e. The molecule has 3 unspecified atom stereocenters. The molecule has 3 heteroatoms. The van der Waals surface area contributed by atoms with Crippen LogP contribution in [0.3, 0.4) is 0 Å². The minimum absolute atomic E-state index is 0.238. The highest BCUT2D eigenvalue weighted by Gasteiger charge is 2.37. The van der Waals surface area contributed by atoms with Crippen molar-refractivity contribution in [1.82, 2.24) is 0 Å². The molecule has 1 fully saturated rings. The van der Waals surface area contributed by atoms with E-state index in [2.05, 4.69) is 36.4 Å². The van der Waals surface area contributed by atoms with Crippen molar-refractivity contribution in [2.75, 3.05) is 7.11 Å². The maximum absolute atomic E-state index is 12.2. The predicted octanol–water partition coefficient (Wildman–Crippen LogP) is 3.92. The normalized spacial score (nSPS) is 27.7. The molecule has 2 aliphatic heterocycles. The van der Waals surface area contributed by atoms with Gasteiger partial charge in [-0.25, -0.2) is 0 Å². The lowest BCUT2D eigenvalue weighted by molar-refractivity contribution is 0.414. The van der Waals surface area contributed by atoms with Crippen LogP contribution in [0, 0.1) is 0 Å². The molecule has 4 rings (SSSR count). The molecular weight excluding hydrogens is 280 g/mol. The third-order valence-electron chi connectivity index (χ3n) is 4.67. The van der Waals surface area contributed by atoms with Gasteiger partial charge in [-0.1, -0.05) is 36.4 Å². The number of fused-ring (bicyclic) bond motifs is 3. The Balaban J connectivity index is 1.94. The molecule has 0 N–H and O–H groups in total. The molecule has 0 aromatic heterocycles. The van der Waals surface area contributed by atoms with E-state index in [1.165, 1.54) is 21.9 Å². The van der Waals surface area contributed by atoms with Crippen molar-refractivity contribution in [2.24, 2.45) is 0 Å². The van der Waals surface area contributed by atoms with E-state index < -0.39 is 10.8 Å². The fourth-order valence-electron chi connectivity index (χ4n) is 3.64. The topological polar surface area (TPSA) is 26.3 Å². The Morgan fingerprint density at radius 3 is 2.81 bits per heavy atom. The summed E-state index contributed by atoms with van der Waals surface area (Å²) in [6.07, 6.45) is 5.30. The van der Waals surface area contributed by atoms with Crippen molar-refractivity contribution in [3.8, 4) is 5.75 Å². The number of allylic oxidation sites excluding steroid dienone is 1. The summed E-state index contributed by atoms with van der Waals surface area (Å²) in [5, 5.41) is 3.03. The molecule has 21 heavy (non-hydrogen) atoms. The maximum Gasteiger partial charge on any atom is 0.126 e. The van der Waals surface area contributed by atoms with Crippen LogP contribution in [0.2, 0.25) is 0 Å². The van der Waals surface area contributed by atoms with E-state index in [0.717, 1.165) is 25.0 Å². The Bertz CT molecular complexity index is 763. The van der Waals surface area contributed by atoms with Crippen molar-refractivity contribution < 1.29 is 8.95 Å². The third-order valence-corrected chi connectivity index (χ3v) is 6.69. The SMILES string of the molecule is COc1ccc2ccccc2c1C1=CC2CCC(C1)S2=O. The van der Waals surface area contributed by atoms with Crippen LogP contribution in [0.4, 0.5) is 0 Å². The van der Waals surface area contributed by atoms with Crippen LogP contribution in [-0.4, -0.2) is 21.8 Å². The van der Waals surface area contributed by atoms with Crippen molar-refractivity contribution in [1.29, 1.82) is 0 Å². The van der Waals surface area contributed by atoms with Crippen molar-refractivity contribution >= 4 is 27.1 Å². The summed E-state index contributed by atoms with van der Waals surface area (Å²) in [5.74, 6) is 0.923. The second kappa shape index (κ2) is 4.99. The first-order chi connectivity index (χ1) is 10.3. The van der Waals surface area contributed by atoms with Gasteiger partial charge in [0.05, 0.1) is 12.4 Å². The predicted molar refractivity (Wildman–Crippen MR) is 88.0 cm³/mol. The fraction of sp³-hybridized carbons (Fsp3) is 0.333. The summed E-state index contributed by atoms with van der Waals surface area (Å²) in [7, 11) is 1.05. The molecule has 2 aromatic rings. The zero-order valence-corrected chi connectivity index (χ0v) is 12.9. The number of rotatable bonds is 2. The van der Waals surface area contributed by atoms with Gasteiger partial charge in [-0.15, -0.1) is 0 Å². The maximum atomic E-state index is 12.2. The average molecular weight is 298 g/mol. The Hall–Kier alpha value is -1.61. The summed E-state index contributed by atoms with van der Waals surface area (Å²) < 4.78 is 17.8. The zero-order valence-electron chi connectivity index (χ0n) is 12.0. The third kappa shape index (κ3) is 2.03.